The van der Waals surface area contributed by atoms with Crippen LogP contribution in [0.25, 0.3) is 22.0 Å². The van der Waals surface area contributed by atoms with E-state index in [9.17, 15) is 4.79 Å². The maximum atomic E-state index is 12.6. The van der Waals surface area contributed by atoms with Crippen molar-refractivity contribution < 1.29 is 9.47 Å². The molecule has 1 aromatic carbocycles. The number of benzene rings is 1. The van der Waals surface area contributed by atoms with E-state index in [1.165, 1.54) is 0 Å². The maximum absolute atomic E-state index is 12.6. The average Bonchev–Trinajstić information content (AvgIpc) is 3.21. The summed E-state index contributed by atoms with van der Waals surface area (Å²) in [6.45, 7) is 5.28. The number of hydrogen-bond donors (Lipinski definition) is 3. The Hall–Kier alpha value is -3.19. The van der Waals surface area contributed by atoms with Crippen LogP contribution in [0.2, 0.25) is 0 Å². The molecule has 1 aliphatic rings. The summed E-state index contributed by atoms with van der Waals surface area (Å²) < 4.78 is 10.8. The van der Waals surface area contributed by atoms with Crippen molar-refractivity contribution in [3.63, 3.8) is 0 Å². The standard InChI is InChI=1S/C22H24N4O3/c1-12-10-24-22(28-3)13(2)19(12)14-4-5-16-18(8-14)26-21(27)17(9-23)20(16)25-15-6-7-29-11-15/h4-5,8-10,15,23H,6-7,11H2,1-3H3,(H2,25,26,27)/t15-/m0/s1. The van der Waals surface area contributed by atoms with Gasteiger partial charge in [-0.3, -0.25) is 4.79 Å². The van der Waals surface area contributed by atoms with Gasteiger partial charge in [-0.25, -0.2) is 4.98 Å². The predicted molar refractivity (Wildman–Crippen MR) is 115 cm³/mol. The highest BCUT2D eigenvalue weighted by molar-refractivity contribution is 6.02. The molecule has 0 spiro atoms. The fourth-order valence-electron chi connectivity index (χ4n) is 3.98. The minimum atomic E-state index is -0.285. The van der Waals surface area contributed by atoms with Gasteiger partial charge in [0.25, 0.3) is 5.56 Å². The van der Waals surface area contributed by atoms with E-state index in [-0.39, 0.29) is 11.6 Å². The van der Waals surface area contributed by atoms with Gasteiger partial charge < -0.3 is 25.2 Å². The second kappa shape index (κ2) is 7.67. The van der Waals surface area contributed by atoms with Crippen LogP contribution in [0.3, 0.4) is 0 Å². The van der Waals surface area contributed by atoms with Crippen LogP contribution in [0.15, 0.2) is 29.2 Å². The van der Waals surface area contributed by atoms with Gasteiger partial charge in [-0.1, -0.05) is 12.1 Å². The van der Waals surface area contributed by atoms with Gasteiger partial charge in [0.2, 0.25) is 5.88 Å². The Morgan fingerprint density at radius 1 is 1.38 bits per heavy atom. The summed E-state index contributed by atoms with van der Waals surface area (Å²) >= 11 is 0. The lowest BCUT2D eigenvalue weighted by molar-refractivity contribution is 0.195. The number of rotatable bonds is 5. The molecule has 0 unspecified atom stereocenters. The molecule has 1 saturated heterocycles. The van der Waals surface area contributed by atoms with Crippen molar-refractivity contribution in [1.29, 1.82) is 5.41 Å². The number of ether oxygens (including phenoxy) is 2. The molecule has 7 heteroatoms. The summed E-state index contributed by atoms with van der Waals surface area (Å²) in [5.41, 5.74) is 5.43. The van der Waals surface area contributed by atoms with Crippen molar-refractivity contribution >= 4 is 22.8 Å². The summed E-state index contributed by atoms with van der Waals surface area (Å²) in [6, 6.07) is 6.11. The molecule has 2 aromatic heterocycles. The summed E-state index contributed by atoms with van der Waals surface area (Å²) in [7, 11) is 1.61. The Bertz CT molecular complexity index is 1150. The van der Waals surface area contributed by atoms with Gasteiger partial charge in [0.05, 0.1) is 36.5 Å². The van der Waals surface area contributed by atoms with E-state index in [2.05, 4.69) is 15.3 Å². The van der Waals surface area contributed by atoms with Gasteiger partial charge in [0.1, 0.15) is 0 Å². The zero-order valence-electron chi connectivity index (χ0n) is 16.8. The summed E-state index contributed by atoms with van der Waals surface area (Å²) in [5, 5.41) is 12.0. The molecule has 29 heavy (non-hydrogen) atoms. The third kappa shape index (κ3) is 3.38. The molecule has 1 atom stereocenters. The molecule has 1 aliphatic heterocycles. The Labute approximate surface area is 168 Å². The van der Waals surface area contributed by atoms with Crippen molar-refractivity contribution in [3.8, 4) is 17.0 Å². The zero-order chi connectivity index (χ0) is 20.5. The number of fused-ring (bicyclic) bond motifs is 1. The van der Waals surface area contributed by atoms with Crippen LogP contribution in [0.1, 0.15) is 23.1 Å². The van der Waals surface area contributed by atoms with Crippen molar-refractivity contribution in [2.24, 2.45) is 0 Å². The van der Waals surface area contributed by atoms with Crippen molar-refractivity contribution in [1.82, 2.24) is 9.97 Å². The van der Waals surface area contributed by atoms with Crippen LogP contribution < -0.4 is 15.6 Å². The van der Waals surface area contributed by atoms with Crippen LogP contribution in [0.4, 0.5) is 5.69 Å². The lowest BCUT2D eigenvalue weighted by atomic mass is 9.96. The summed E-state index contributed by atoms with van der Waals surface area (Å²) in [6.07, 6.45) is 3.77. The quantitative estimate of drug-likeness (QED) is 0.578. The monoisotopic (exact) mass is 392 g/mol. The number of aryl methyl sites for hydroxylation is 1. The van der Waals surface area contributed by atoms with Gasteiger partial charge in [-0.05, 0) is 43.0 Å². The number of nitrogens with zero attached hydrogens (tertiary/aromatic N) is 1. The molecule has 4 rings (SSSR count). The molecule has 7 nitrogen and oxygen atoms in total. The molecule has 3 N–H and O–H groups in total. The van der Waals surface area contributed by atoms with Gasteiger partial charge in [-0.15, -0.1) is 0 Å². The lowest BCUT2D eigenvalue weighted by Gasteiger charge is -2.18. The molecule has 0 saturated carbocycles. The van der Waals surface area contributed by atoms with E-state index in [4.69, 9.17) is 14.9 Å². The highest BCUT2D eigenvalue weighted by Crippen LogP contribution is 2.34. The Morgan fingerprint density at radius 3 is 2.90 bits per heavy atom. The van der Waals surface area contributed by atoms with Gasteiger partial charge in [-0.2, -0.15) is 0 Å². The Morgan fingerprint density at radius 2 is 2.21 bits per heavy atom. The molecule has 0 aliphatic carbocycles. The number of nitrogens with one attached hydrogen (secondary N) is 3. The molecule has 0 amide bonds. The fourth-order valence-corrected chi connectivity index (χ4v) is 3.98. The van der Waals surface area contributed by atoms with Crippen LogP contribution in [0.5, 0.6) is 5.88 Å². The second-order valence-corrected chi connectivity index (χ2v) is 7.30. The maximum Gasteiger partial charge on any atom is 0.259 e. The van der Waals surface area contributed by atoms with E-state index in [1.807, 2.05) is 32.0 Å². The minimum absolute atomic E-state index is 0.132. The molecule has 0 radical (unpaired) electrons. The first-order chi connectivity index (χ1) is 14.0. The zero-order valence-corrected chi connectivity index (χ0v) is 16.8. The Balaban J connectivity index is 1.90. The van der Waals surface area contributed by atoms with E-state index < -0.39 is 0 Å². The first-order valence-electron chi connectivity index (χ1n) is 9.58. The van der Waals surface area contributed by atoms with E-state index in [1.54, 1.807) is 13.3 Å². The van der Waals surface area contributed by atoms with Gasteiger partial charge in [0.15, 0.2) is 0 Å². The number of H-pyrrole nitrogens is 1. The first-order valence-corrected chi connectivity index (χ1v) is 9.58. The number of pyridine rings is 2. The van der Waals surface area contributed by atoms with E-state index >= 15 is 0 Å². The van der Waals surface area contributed by atoms with Gasteiger partial charge >= 0.3 is 0 Å². The largest absolute Gasteiger partial charge is 0.481 e. The molecule has 0 bridgehead atoms. The van der Waals surface area contributed by atoms with Crippen molar-refractivity contribution in [2.75, 3.05) is 25.6 Å². The first kappa shape index (κ1) is 19.1. The van der Waals surface area contributed by atoms with E-state index in [0.717, 1.165) is 40.3 Å². The normalized spacial score (nSPS) is 16.2. The highest BCUT2D eigenvalue weighted by Gasteiger charge is 2.20. The Kier molecular flexibility index (Phi) is 5.07. The molecule has 3 aromatic rings. The highest BCUT2D eigenvalue weighted by atomic mass is 16.5. The smallest absolute Gasteiger partial charge is 0.259 e. The molecule has 150 valence electrons. The van der Waals surface area contributed by atoms with Crippen molar-refractivity contribution in [2.45, 2.75) is 26.3 Å². The second-order valence-electron chi connectivity index (χ2n) is 7.30. The molecular formula is C22H24N4O3. The summed E-state index contributed by atoms with van der Waals surface area (Å²) in [4.78, 5) is 19.9. The third-order valence-corrected chi connectivity index (χ3v) is 5.42. The van der Waals surface area contributed by atoms with Crippen LogP contribution >= 0.6 is 0 Å². The van der Waals surface area contributed by atoms with Crippen LogP contribution in [-0.2, 0) is 4.74 Å². The number of methoxy groups -OCH3 is 1. The van der Waals surface area contributed by atoms with Crippen LogP contribution in [-0.4, -0.2) is 42.5 Å². The average molecular weight is 392 g/mol. The van der Waals surface area contributed by atoms with Crippen molar-refractivity contribution in [3.05, 3.63) is 51.4 Å². The minimum Gasteiger partial charge on any atom is -0.481 e. The number of aromatic nitrogens is 2. The van der Waals surface area contributed by atoms with Crippen LogP contribution in [0, 0.1) is 19.3 Å². The van der Waals surface area contributed by atoms with E-state index in [0.29, 0.717) is 35.9 Å². The fraction of sp³-hybridized carbons (Fsp3) is 0.318. The SMILES string of the molecule is COc1ncc(C)c(-c2ccc3c(N[C@H]4CCOC4)c(C=N)c(=O)[nH]c3c2)c1C. The molecule has 1 fully saturated rings. The molecule has 3 heterocycles. The number of hydrogen-bond acceptors (Lipinski definition) is 6. The topological polar surface area (TPSA) is 100 Å². The third-order valence-electron chi connectivity index (χ3n) is 5.42. The summed E-state index contributed by atoms with van der Waals surface area (Å²) in [5.74, 6) is 0.585. The predicted octanol–water partition coefficient (Wildman–Crippen LogP) is 3.41. The lowest BCUT2D eigenvalue weighted by Crippen LogP contribution is -2.23. The number of aromatic amines is 1. The van der Waals surface area contributed by atoms with Gasteiger partial charge in [0, 0.05) is 30.0 Å². The molecular weight excluding hydrogens is 368 g/mol. The number of anilines is 1.